The number of aromatic nitrogens is 2. The fourth-order valence-corrected chi connectivity index (χ4v) is 4.25. The quantitative estimate of drug-likeness (QED) is 0.621. The Kier molecular flexibility index (Phi) is 5.95. The van der Waals surface area contributed by atoms with Gasteiger partial charge in [-0.15, -0.1) is 0 Å². The number of benzene rings is 2. The van der Waals surface area contributed by atoms with Gasteiger partial charge in [0.15, 0.2) is 9.84 Å². The molecule has 0 fully saturated rings. The van der Waals surface area contributed by atoms with Crippen LogP contribution in [0.3, 0.4) is 0 Å². The predicted molar refractivity (Wildman–Crippen MR) is 117 cm³/mol. The normalized spacial score (nSPS) is 13.1. The summed E-state index contributed by atoms with van der Waals surface area (Å²) in [5, 5.41) is 4.11. The maximum atomic E-state index is 12.0. The van der Waals surface area contributed by atoms with Crippen molar-refractivity contribution in [2.75, 3.05) is 18.7 Å². The lowest BCUT2D eigenvalue weighted by molar-refractivity contribution is 0.414. The number of nitrogens with one attached hydrogen (secondary N) is 1. The third-order valence-corrected chi connectivity index (χ3v) is 6.19. The number of hydrogen-bond acceptors (Lipinski definition) is 7. The first-order valence-corrected chi connectivity index (χ1v) is 11.8. The molecule has 1 heterocycles. The third-order valence-electron chi connectivity index (χ3n) is 4.43. The molecule has 0 aliphatic rings. The Bertz CT molecular complexity index is 1080. The van der Waals surface area contributed by atoms with Crippen LogP contribution in [0.5, 0.6) is 5.75 Å². The first kappa shape index (κ1) is 21.3. The lowest BCUT2D eigenvalue weighted by atomic mass is 9.96. The van der Waals surface area contributed by atoms with Crippen LogP contribution < -0.4 is 10.1 Å². The van der Waals surface area contributed by atoms with Crippen molar-refractivity contribution in [3.63, 3.8) is 0 Å². The first-order valence-electron chi connectivity index (χ1n) is 9.12. The number of sulfone groups is 1. The number of rotatable bonds is 6. The molecule has 0 saturated heterocycles. The van der Waals surface area contributed by atoms with E-state index in [0.29, 0.717) is 5.13 Å². The van der Waals surface area contributed by atoms with E-state index < -0.39 is 9.84 Å². The summed E-state index contributed by atoms with van der Waals surface area (Å²) in [6.45, 7) is 6.19. The Morgan fingerprint density at radius 3 is 2.31 bits per heavy atom. The highest BCUT2D eigenvalue weighted by atomic mass is 32.2. The second-order valence-electron chi connectivity index (χ2n) is 7.87. The van der Waals surface area contributed by atoms with Crippen LogP contribution in [0.25, 0.3) is 0 Å². The molecule has 29 heavy (non-hydrogen) atoms. The predicted octanol–water partition coefficient (Wildman–Crippen LogP) is 4.45. The smallest absolute Gasteiger partial charge is 0.203 e. The zero-order valence-corrected chi connectivity index (χ0v) is 18.8. The largest absolute Gasteiger partial charge is 0.497 e. The van der Waals surface area contributed by atoms with Gasteiger partial charge in [0.1, 0.15) is 11.6 Å². The van der Waals surface area contributed by atoms with Crippen LogP contribution in [-0.4, -0.2) is 31.1 Å². The molecule has 2 aromatic carbocycles. The summed E-state index contributed by atoms with van der Waals surface area (Å²) in [5.41, 5.74) is 1.64. The Balaban J connectivity index is 2.03. The van der Waals surface area contributed by atoms with Crippen molar-refractivity contribution in [2.24, 2.45) is 0 Å². The molecular weight excluding hydrogens is 406 g/mol. The standard InChI is InChI=1S/C21H25N3O3S2/c1-21(2,3)19-23-20(28-24-19)22-18(14-9-11-16(27-4)12-10-14)15-7-6-8-17(13-15)29(5,25)26/h6-13,18H,1-5H3,(H,22,23,24). The van der Waals surface area contributed by atoms with Crippen molar-refractivity contribution in [3.05, 3.63) is 65.5 Å². The number of nitrogens with zero attached hydrogens (tertiary/aromatic N) is 2. The summed E-state index contributed by atoms with van der Waals surface area (Å²) in [7, 11) is -1.69. The summed E-state index contributed by atoms with van der Waals surface area (Å²) >= 11 is 1.30. The number of methoxy groups -OCH3 is 1. The summed E-state index contributed by atoms with van der Waals surface area (Å²) in [5.74, 6) is 1.52. The summed E-state index contributed by atoms with van der Waals surface area (Å²) in [6.07, 6.45) is 1.21. The number of ether oxygens (including phenoxy) is 1. The molecule has 0 saturated carbocycles. The van der Waals surface area contributed by atoms with Gasteiger partial charge in [-0.1, -0.05) is 45.0 Å². The minimum atomic E-state index is -3.31. The SMILES string of the molecule is COc1ccc(C(Nc2nc(C(C)(C)C)ns2)c2cccc(S(C)(=O)=O)c2)cc1. The van der Waals surface area contributed by atoms with E-state index in [-0.39, 0.29) is 16.4 Å². The average Bonchev–Trinajstić information content (AvgIpc) is 3.15. The third kappa shape index (κ3) is 5.13. The minimum absolute atomic E-state index is 0.151. The van der Waals surface area contributed by atoms with Crippen molar-refractivity contribution in [3.8, 4) is 5.75 Å². The van der Waals surface area contributed by atoms with Crippen molar-refractivity contribution >= 4 is 26.5 Å². The van der Waals surface area contributed by atoms with Gasteiger partial charge in [-0.2, -0.15) is 4.37 Å². The van der Waals surface area contributed by atoms with Crippen LogP contribution in [0.2, 0.25) is 0 Å². The lowest BCUT2D eigenvalue weighted by Gasteiger charge is -2.20. The second kappa shape index (κ2) is 8.12. The zero-order valence-electron chi connectivity index (χ0n) is 17.1. The fraction of sp³-hybridized carbons (Fsp3) is 0.333. The molecule has 1 atom stereocenters. The topological polar surface area (TPSA) is 81.2 Å². The molecule has 8 heteroatoms. The van der Waals surface area contributed by atoms with Crippen molar-refractivity contribution < 1.29 is 13.2 Å². The molecule has 1 aromatic heterocycles. The van der Waals surface area contributed by atoms with Crippen molar-refractivity contribution in [2.45, 2.75) is 37.1 Å². The molecule has 1 unspecified atom stereocenters. The Morgan fingerprint density at radius 2 is 1.76 bits per heavy atom. The van der Waals surface area contributed by atoms with E-state index in [2.05, 4.69) is 35.4 Å². The molecular formula is C21H25N3O3S2. The van der Waals surface area contributed by atoms with E-state index in [0.717, 1.165) is 22.7 Å². The van der Waals surface area contributed by atoms with Crippen LogP contribution in [0.4, 0.5) is 5.13 Å². The Labute approximate surface area is 176 Å². The maximum absolute atomic E-state index is 12.0. The first-order chi connectivity index (χ1) is 13.6. The number of hydrogen-bond donors (Lipinski definition) is 1. The van der Waals surface area contributed by atoms with Gasteiger partial charge in [0.2, 0.25) is 5.13 Å². The van der Waals surface area contributed by atoms with Gasteiger partial charge in [-0.25, -0.2) is 13.4 Å². The van der Waals surface area contributed by atoms with Crippen LogP contribution in [0.1, 0.15) is 43.8 Å². The van der Waals surface area contributed by atoms with Crippen LogP contribution in [-0.2, 0) is 15.3 Å². The van der Waals surface area contributed by atoms with E-state index in [9.17, 15) is 8.42 Å². The van der Waals surface area contributed by atoms with Gasteiger partial charge in [0, 0.05) is 23.2 Å². The van der Waals surface area contributed by atoms with Crippen molar-refractivity contribution in [1.82, 2.24) is 9.36 Å². The van der Waals surface area contributed by atoms with Gasteiger partial charge in [-0.05, 0) is 35.4 Å². The maximum Gasteiger partial charge on any atom is 0.203 e. The van der Waals surface area contributed by atoms with E-state index in [1.807, 2.05) is 30.3 Å². The Hall–Kier alpha value is -2.45. The van der Waals surface area contributed by atoms with Gasteiger partial charge in [0.05, 0.1) is 18.0 Å². The molecule has 6 nitrogen and oxygen atoms in total. The van der Waals surface area contributed by atoms with Gasteiger partial charge < -0.3 is 10.1 Å². The molecule has 0 amide bonds. The fourth-order valence-electron chi connectivity index (χ4n) is 2.79. The highest BCUT2D eigenvalue weighted by Crippen LogP contribution is 2.31. The highest BCUT2D eigenvalue weighted by Gasteiger charge is 2.22. The molecule has 0 aliphatic heterocycles. The lowest BCUT2D eigenvalue weighted by Crippen LogP contribution is -2.15. The molecule has 3 aromatic rings. The van der Waals surface area contributed by atoms with Crippen LogP contribution in [0, 0.1) is 0 Å². The van der Waals surface area contributed by atoms with Gasteiger partial charge >= 0.3 is 0 Å². The van der Waals surface area contributed by atoms with E-state index in [1.165, 1.54) is 17.8 Å². The van der Waals surface area contributed by atoms with Crippen LogP contribution in [0.15, 0.2) is 53.4 Å². The van der Waals surface area contributed by atoms with E-state index >= 15 is 0 Å². The monoisotopic (exact) mass is 431 g/mol. The number of anilines is 1. The molecule has 3 rings (SSSR count). The van der Waals surface area contributed by atoms with Gasteiger partial charge in [-0.3, -0.25) is 0 Å². The summed E-state index contributed by atoms with van der Waals surface area (Å²) in [6, 6.07) is 14.3. The molecule has 154 valence electrons. The molecule has 0 aliphatic carbocycles. The molecule has 0 radical (unpaired) electrons. The van der Waals surface area contributed by atoms with E-state index in [4.69, 9.17) is 4.74 Å². The summed E-state index contributed by atoms with van der Waals surface area (Å²) in [4.78, 5) is 4.91. The van der Waals surface area contributed by atoms with Gasteiger partial charge in [0.25, 0.3) is 0 Å². The zero-order chi connectivity index (χ0) is 21.2. The van der Waals surface area contributed by atoms with E-state index in [1.54, 1.807) is 25.3 Å². The second-order valence-corrected chi connectivity index (χ2v) is 10.6. The van der Waals surface area contributed by atoms with Crippen molar-refractivity contribution in [1.29, 1.82) is 0 Å². The highest BCUT2D eigenvalue weighted by molar-refractivity contribution is 7.90. The summed E-state index contributed by atoms with van der Waals surface area (Å²) < 4.78 is 33.8. The molecule has 0 spiro atoms. The molecule has 0 bridgehead atoms. The molecule has 1 N–H and O–H groups in total. The van der Waals surface area contributed by atoms with Crippen LogP contribution >= 0.6 is 11.5 Å². The average molecular weight is 432 g/mol. The minimum Gasteiger partial charge on any atom is -0.497 e. The Morgan fingerprint density at radius 1 is 1.07 bits per heavy atom.